The molecule has 1 amide bonds. The van der Waals surface area contributed by atoms with E-state index in [0.717, 1.165) is 30.8 Å². The molecule has 3 heterocycles. The average Bonchev–Trinajstić information content (AvgIpc) is 3.28. The van der Waals surface area contributed by atoms with Gasteiger partial charge in [0.2, 0.25) is 5.95 Å². The zero-order valence-electron chi connectivity index (χ0n) is 18.4. The van der Waals surface area contributed by atoms with E-state index >= 15 is 0 Å². The molecule has 3 rings (SSSR count). The van der Waals surface area contributed by atoms with E-state index in [-0.39, 0.29) is 47.8 Å². The largest absolute Gasteiger partial charge is 0.383 e. The second kappa shape index (κ2) is 10.1. The molecule has 0 saturated carbocycles. The third-order valence-electron chi connectivity index (χ3n) is 5.12. The fourth-order valence-corrected chi connectivity index (χ4v) is 3.76. The molecule has 2 aromatic rings. The number of anilines is 3. The van der Waals surface area contributed by atoms with Gasteiger partial charge in [-0.25, -0.2) is 14.8 Å². The van der Waals surface area contributed by atoms with E-state index in [9.17, 15) is 14.4 Å². The molecule has 1 fully saturated rings. The number of hydrogen-bond donors (Lipinski definition) is 2. The lowest BCUT2D eigenvalue weighted by Gasteiger charge is -2.25. The van der Waals surface area contributed by atoms with Gasteiger partial charge in [-0.15, -0.1) is 0 Å². The molecule has 32 heavy (non-hydrogen) atoms. The zero-order chi connectivity index (χ0) is 23.4. The molecule has 1 aliphatic heterocycles. The summed E-state index contributed by atoms with van der Waals surface area (Å²) in [6.07, 6.45) is 3.40. The van der Waals surface area contributed by atoms with E-state index in [1.807, 2.05) is 18.7 Å². The van der Waals surface area contributed by atoms with Gasteiger partial charge in [0.1, 0.15) is 5.82 Å². The highest BCUT2D eigenvalue weighted by Crippen LogP contribution is 2.24. The highest BCUT2D eigenvalue weighted by atomic mass is 35.5. The molecule has 0 unspecified atom stereocenters. The Morgan fingerprint density at radius 2 is 2.03 bits per heavy atom. The molecule has 0 aliphatic carbocycles. The van der Waals surface area contributed by atoms with Crippen LogP contribution in [0.15, 0.2) is 15.8 Å². The highest BCUT2D eigenvalue weighted by molar-refractivity contribution is 6.34. The molecule has 11 nitrogen and oxygen atoms in total. The van der Waals surface area contributed by atoms with Crippen LogP contribution in [-0.4, -0.2) is 58.8 Å². The number of rotatable bonds is 8. The minimum atomic E-state index is -0.776. The van der Waals surface area contributed by atoms with Crippen molar-refractivity contribution in [3.8, 4) is 0 Å². The summed E-state index contributed by atoms with van der Waals surface area (Å²) in [5, 5.41) is 0.0471. The summed E-state index contributed by atoms with van der Waals surface area (Å²) in [5.41, 5.74) is 4.61. The normalized spacial score (nSPS) is 13.7. The first-order valence-corrected chi connectivity index (χ1v) is 10.8. The van der Waals surface area contributed by atoms with Gasteiger partial charge in [-0.3, -0.25) is 24.0 Å². The Labute approximate surface area is 190 Å². The first kappa shape index (κ1) is 23.7. The number of aromatic nitrogens is 4. The average molecular weight is 466 g/mol. The van der Waals surface area contributed by atoms with E-state index in [1.165, 1.54) is 17.9 Å². The minimum absolute atomic E-state index is 0.00186. The van der Waals surface area contributed by atoms with Crippen LogP contribution < -0.4 is 26.8 Å². The molecule has 0 spiro atoms. The molecule has 12 heteroatoms. The summed E-state index contributed by atoms with van der Waals surface area (Å²) in [7, 11) is 1.47. The molecule has 3 N–H and O–H groups in total. The predicted octanol–water partition coefficient (Wildman–Crippen LogP) is 1.11. The van der Waals surface area contributed by atoms with Crippen LogP contribution in [0.3, 0.4) is 0 Å². The second-order valence-corrected chi connectivity index (χ2v) is 8.42. The predicted molar refractivity (Wildman–Crippen MR) is 123 cm³/mol. The molecular weight excluding hydrogens is 438 g/mol. The van der Waals surface area contributed by atoms with Gasteiger partial charge in [0.15, 0.2) is 11.4 Å². The monoisotopic (exact) mass is 465 g/mol. The van der Waals surface area contributed by atoms with E-state index in [2.05, 4.69) is 15.0 Å². The van der Waals surface area contributed by atoms with Gasteiger partial charge in [0.25, 0.3) is 11.5 Å². The Morgan fingerprint density at radius 1 is 1.34 bits per heavy atom. The van der Waals surface area contributed by atoms with Gasteiger partial charge < -0.3 is 15.4 Å². The zero-order valence-corrected chi connectivity index (χ0v) is 19.2. The minimum Gasteiger partial charge on any atom is -0.383 e. The van der Waals surface area contributed by atoms with Gasteiger partial charge in [0, 0.05) is 33.3 Å². The number of carbonyl (C=O) groups excluding carboxylic acids is 1. The van der Waals surface area contributed by atoms with Crippen molar-refractivity contribution in [1.29, 1.82) is 0 Å². The van der Waals surface area contributed by atoms with E-state index in [1.54, 1.807) is 0 Å². The lowest BCUT2D eigenvalue weighted by Crippen LogP contribution is -2.43. The third-order valence-corrected chi connectivity index (χ3v) is 5.40. The van der Waals surface area contributed by atoms with Gasteiger partial charge in [-0.1, -0.05) is 25.4 Å². The number of aromatic amines is 1. The van der Waals surface area contributed by atoms with Crippen LogP contribution in [-0.2, 0) is 11.3 Å². The van der Waals surface area contributed by atoms with E-state index in [4.69, 9.17) is 22.1 Å². The van der Waals surface area contributed by atoms with Gasteiger partial charge in [-0.2, -0.15) is 0 Å². The molecule has 0 radical (unpaired) electrons. The number of halogens is 1. The summed E-state index contributed by atoms with van der Waals surface area (Å²) in [4.78, 5) is 52.6. The summed E-state index contributed by atoms with van der Waals surface area (Å²) in [5.74, 6) is -0.270. The van der Waals surface area contributed by atoms with E-state index < -0.39 is 17.2 Å². The Balaban J connectivity index is 2.10. The fraction of sp³-hybridized carbons (Fsp3) is 0.550. The Morgan fingerprint density at radius 3 is 2.66 bits per heavy atom. The van der Waals surface area contributed by atoms with Crippen LogP contribution in [0.2, 0.25) is 5.02 Å². The number of carbonyl (C=O) groups is 1. The number of methoxy groups -OCH3 is 1. The second-order valence-electron chi connectivity index (χ2n) is 8.01. The number of nitrogens with zero attached hydrogens (tertiary/aromatic N) is 5. The third kappa shape index (κ3) is 4.94. The van der Waals surface area contributed by atoms with Crippen LogP contribution in [0, 0.1) is 5.92 Å². The molecule has 1 saturated heterocycles. The molecule has 1 aliphatic rings. The first-order chi connectivity index (χ1) is 15.2. The smallest absolute Gasteiger partial charge is 0.330 e. The number of H-pyrrole nitrogens is 1. The molecule has 174 valence electrons. The van der Waals surface area contributed by atoms with Crippen LogP contribution in [0.25, 0.3) is 0 Å². The van der Waals surface area contributed by atoms with Crippen molar-refractivity contribution in [2.45, 2.75) is 33.2 Å². The summed E-state index contributed by atoms with van der Waals surface area (Å²) in [6, 6.07) is 0. The molecular formula is C20H28ClN7O4. The lowest BCUT2D eigenvalue weighted by atomic mass is 10.2. The number of ether oxygens (including phenoxy) is 1. The fourth-order valence-electron chi connectivity index (χ4n) is 3.59. The van der Waals surface area contributed by atoms with Crippen molar-refractivity contribution in [2.24, 2.45) is 5.92 Å². The van der Waals surface area contributed by atoms with Crippen LogP contribution in [0.4, 0.5) is 17.5 Å². The van der Waals surface area contributed by atoms with Crippen molar-refractivity contribution < 1.29 is 9.53 Å². The topological polar surface area (TPSA) is 139 Å². The quantitative estimate of drug-likeness (QED) is 0.590. The van der Waals surface area contributed by atoms with Crippen molar-refractivity contribution in [3.05, 3.63) is 37.8 Å². The number of nitrogens with two attached hydrogens (primary N) is 1. The molecule has 0 bridgehead atoms. The maximum Gasteiger partial charge on any atom is 0.330 e. The standard InChI is InChI=1S/C20H28ClN7O4/c1-12(2)11-28-16(22)15(17(29)25-20(28)31)27(8-9-32-3)18(30)14-13(21)10-23-19(24-14)26-6-4-5-7-26/h10,12H,4-9,11,22H2,1-3H3,(H,25,29,31). The Bertz CT molecular complexity index is 1090. The maximum atomic E-state index is 13.5. The molecule has 0 aromatic carbocycles. The summed E-state index contributed by atoms with van der Waals surface area (Å²) in [6.45, 7) is 5.78. The maximum absolute atomic E-state index is 13.5. The lowest BCUT2D eigenvalue weighted by molar-refractivity contribution is 0.0971. The van der Waals surface area contributed by atoms with Crippen LogP contribution in [0.5, 0.6) is 0 Å². The van der Waals surface area contributed by atoms with Crippen LogP contribution in [0.1, 0.15) is 37.2 Å². The van der Waals surface area contributed by atoms with Crippen molar-refractivity contribution in [1.82, 2.24) is 19.5 Å². The number of amides is 1. The van der Waals surface area contributed by atoms with Crippen molar-refractivity contribution in [2.75, 3.05) is 48.9 Å². The highest BCUT2D eigenvalue weighted by Gasteiger charge is 2.29. The first-order valence-electron chi connectivity index (χ1n) is 10.5. The van der Waals surface area contributed by atoms with Crippen molar-refractivity contribution >= 4 is 35.0 Å². The molecule has 0 atom stereocenters. The van der Waals surface area contributed by atoms with Gasteiger partial charge in [-0.05, 0) is 18.8 Å². The van der Waals surface area contributed by atoms with Crippen LogP contribution >= 0.6 is 11.6 Å². The number of nitrogen functional groups attached to an aromatic ring is 1. The van der Waals surface area contributed by atoms with Crippen molar-refractivity contribution in [3.63, 3.8) is 0 Å². The summed E-state index contributed by atoms with van der Waals surface area (Å²) >= 11 is 6.27. The van der Waals surface area contributed by atoms with E-state index in [0.29, 0.717) is 5.95 Å². The molecule has 2 aromatic heterocycles. The number of nitrogens with one attached hydrogen (secondary N) is 1. The van der Waals surface area contributed by atoms with Gasteiger partial charge >= 0.3 is 5.69 Å². The summed E-state index contributed by atoms with van der Waals surface area (Å²) < 4.78 is 6.37. The Hall–Kier alpha value is -2.92. The number of hydrogen-bond acceptors (Lipinski definition) is 8. The van der Waals surface area contributed by atoms with Gasteiger partial charge in [0.05, 0.1) is 17.8 Å². The SMILES string of the molecule is COCCN(C(=O)c1nc(N2CCCC2)ncc1Cl)c1c(N)n(CC(C)C)c(=O)[nH]c1=O. The Kier molecular flexibility index (Phi) is 7.52.